The number of carbonyl (C=O) groups excluding carboxylic acids is 1. The molecule has 1 aromatic heterocycles. The Labute approximate surface area is 93.3 Å². The van der Waals surface area contributed by atoms with Crippen LogP contribution in [0.3, 0.4) is 0 Å². The maximum Gasteiger partial charge on any atom is 0.228 e. The zero-order valence-electron chi connectivity index (χ0n) is 8.83. The molecule has 0 aromatic carbocycles. The summed E-state index contributed by atoms with van der Waals surface area (Å²) >= 11 is 0. The Morgan fingerprint density at radius 1 is 1.50 bits per heavy atom. The van der Waals surface area contributed by atoms with Crippen LogP contribution in [0.2, 0.25) is 0 Å². The molecule has 1 amide bonds. The molecule has 0 bridgehead atoms. The van der Waals surface area contributed by atoms with Crippen LogP contribution in [0.1, 0.15) is 12.0 Å². The van der Waals surface area contributed by atoms with Gasteiger partial charge in [0.2, 0.25) is 5.91 Å². The highest BCUT2D eigenvalue weighted by molar-refractivity contribution is 5.95. The summed E-state index contributed by atoms with van der Waals surface area (Å²) in [5.74, 6) is 0.430. The van der Waals surface area contributed by atoms with Crippen molar-refractivity contribution in [3.8, 4) is 0 Å². The number of carbonyl (C=O) groups is 1. The fourth-order valence-corrected chi connectivity index (χ4v) is 1.91. The molecule has 0 saturated carbocycles. The summed E-state index contributed by atoms with van der Waals surface area (Å²) in [6, 6.07) is 3.46. The molecule has 5 nitrogen and oxygen atoms in total. The number of hydrogen-bond acceptors (Lipinski definition) is 4. The highest BCUT2D eigenvalue weighted by Crippen LogP contribution is 2.25. The molecule has 1 aromatic rings. The molecule has 0 spiro atoms. The fourth-order valence-electron chi connectivity index (χ4n) is 1.91. The maximum absolute atomic E-state index is 11.7. The number of hydrogen-bond donors (Lipinski definition) is 2. The monoisotopic (exact) mass is 222 g/mol. The highest BCUT2D eigenvalue weighted by atomic mass is 16.3. The van der Waals surface area contributed by atoms with Crippen molar-refractivity contribution in [2.75, 3.05) is 18.1 Å². The second-order valence-electron chi connectivity index (χ2n) is 3.90. The number of aliphatic hydroxyl groups excluding tert-OH is 2. The van der Waals surface area contributed by atoms with Crippen molar-refractivity contribution in [2.45, 2.75) is 13.0 Å². The Bertz CT molecular complexity index is 395. The van der Waals surface area contributed by atoms with Crippen molar-refractivity contribution in [2.24, 2.45) is 5.92 Å². The van der Waals surface area contributed by atoms with Gasteiger partial charge in [-0.2, -0.15) is 0 Å². The first-order valence-electron chi connectivity index (χ1n) is 5.22. The third-order valence-corrected chi connectivity index (χ3v) is 2.76. The largest absolute Gasteiger partial charge is 0.396 e. The summed E-state index contributed by atoms with van der Waals surface area (Å²) in [6.07, 6.45) is 1.94. The zero-order chi connectivity index (χ0) is 11.5. The van der Waals surface area contributed by atoms with Crippen LogP contribution in [0, 0.1) is 5.92 Å². The molecule has 0 aliphatic carbocycles. The molecule has 1 aliphatic rings. The Kier molecular flexibility index (Phi) is 3.17. The minimum atomic E-state index is -0.142. The van der Waals surface area contributed by atoms with Crippen LogP contribution >= 0.6 is 0 Å². The first kappa shape index (κ1) is 11.0. The molecule has 86 valence electrons. The van der Waals surface area contributed by atoms with Crippen LogP contribution < -0.4 is 4.90 Å². The van der Waals surface area contributed by atoms with Crippen LogP contribution in [-0.2, 0) is 11.4 Å². The molecule has 1 fully saturated rings. The third-order valence-electron chi connectivity index (χ3n) is 2.76. The van der Waals surface area contributed by atoms with E-state index < -0.39 is 0 Å². The van der Waals surface area contributed by atoms with E-state index in [4.69, 9.17) is 10.2 Å². The summed E-state index contributed by atoms with van der Waals surface area (Å²) in [5.41, 5.74) is 0.634. The van der Waals surface area contributed by atoms with Gasteiger partial charge in [-0.1, -0.05) is 6.07 Å². The predicted octanol–water partition coefficient (Wildman–Crippen LogP) is -0.0809. The second kappa shape index (κ2) is 4.59. The lowest BCUT2D eigenvalue weighted by molar-refractivity contribution is -0.117. The lowest BCUT2D eigenvalue weighted by Crippen LogP contribution is -2.27. The van der Waals surface area contributed by atoms with Crippen LogP contribution in [0.5, 0.6) is 0 Å². The minimum Gasteiger partial charge on any atom is -0.396 e. The topological polar surface area (TPSA) is 73.7 Å². The second-order valence-corrected chi connectivity index (χ2v) is 3.90. The molecular formula is C11H14N2O3. The van der Waals surface area contributed by atoms with Crippen molar-refractivity contribution in [3.05, 3.63) is 23.9 Å². The van der Waals surface area contributed by atoms with E-state index in [1.54, 1.807) is 18.3 Å². The molecule has 0 radical (unpaired) electrons. The molecule has 2 heterocycles. The Balaban J connectivity index is 2.27. The van der Waals surface area contributed by atoms with Crippen LogP contribution in [0.15, 0.2) is 18.3 Å². The van der Waals surface area contributed by atoms with Gasteiger partial charge in [0.1, 0.15) is 5.82 Å². The average molecular weight is 222 g/mol. The van der Waals surface area contributed by atoms with Gasteiger partial charge >= 0.3 is 0 Å². The number of amides is 1. The number of aromatic nitrogens is 1. The standard InChI is InChI=1S/C11H14N2O3/c14-6-8-4-10(16)13(5-8)11-9(7-15)2-1-3-12-11/h1-3,8,14-15H,4-7H2. The van der Waals surface area contributed by atoms with E-state index in [9.17, 15) is 4.79 Å². The van der Waals surface area contributed by atoms with E-state index >= 15 is 0 Å². The van der Waals surface area contributed by atoms with Crippen molar-refractivity contribution in [3.63, 3.8) is 0 Å². The van der Waals surface area contributed by atoms with Crippen molar-refractivity contribution in [1.29, 1.82) is 0 Å². The Morgan fingerprint density at radius 3 is 2.94 bits per heavy atom. The van der Waals surface area contributed by atoms with Gasteiger partial charge in [0, 0.05) is 37.3 Å². The average Bonchev–Trinajstić information content (AvgIpc) is 2.70. The number of rotatable bonds is 3. The van der Waals surface area contributed by atoms with E-state index in [1.807, 2.05) is 0 Å². The molecule has 1 saturated heterocycles. The predicted molar refractivity (Wildman–Crippen MR) is 57.7 cm³/mol. The summed E-state index contributed by atoms with van der Waals surface area (Å²) in [4.78, 5) is 17.4. The smallest absolute Gasteiger partial charge is 0.228 e. The van der Waals surface area contributed by atoms with Crippen LogP contribution in [-0.4, -0.2) is 34.3 Å². The van der Waals surface area contributed by atoms with Gasteiger partial charge in [0.15, 0.2) is 0 Å². The van der Waals surface area contributed by atoms with Gasteiger partial charge < -0.3 is 10.2 Å². The molecule has 16 heavy (non-hydrogen) atoms. The highest BCUT2D eigenvalue weighted by Gasteiger charge is 2.31. The number of pyridine rings is 1. The van der Waals surface area contributed by atoms with E-state index in [1.165, 1.54) is 4.90 Å². The lowest BCUT2D eigenvalue weighted by Gasteiger charge is -2.17. The van der Waals surface area contributed by atoms with Crippen LogP contribution in [0.4, 0.5) is 5.82 Å². The minimum absolute atomic E-state index is 0.00350. The SMILES string of the molecule is O=C1CC(CO)CN1c1ncccc1CO. The first-order chi connectivity index (χ1) is 7.76. The zero-order valence-corrected chi connectivity index (χ0v) is 8.83. The number of aliphatic hydroxyl groups is 2. The van der Waals surface area contributed by atoms with Gasteiger partial charge in [-0.3, -0.25) is 9.69 Å². The van der Waals surface area contributed by atoms with E-state index in [0.29, 0.717) is 24.3 Å². The lowest BCUT2D eigenvalue weighted by atomic mass is 10.1. The number of anilines is 1. The molecule has 1 aliphatic heterocycles. The maximum atomic E-state index is 11.7. The molecular weight excluding hydrogens is 208 g/mol. The van der Waals surface area contributed by atoms with Gasteiger partial charge in [-0.25, -0.2) is 4.98 Å². The Morgan fingerprint density at radius 2 is 2.31 bits per heavy atom. The molecule has 1 unspecified atom stereocenters. The quantitative estimate of drug-likeness (QED) is 0.750. The van der Waals surface area contributed by atoms with Gasteiger partial charge in [-0.15, -0.1) is 0 Å². The number of nitrogens with zero attached hydrogens (tertiary/aromatic N) is 2. The van der Waals surface area contributed by atoms with E-state index in [-0.39, 0.29) is 25.0 Å². The van der Waals surface area contributed by atoms with E-state index in [0.717, 1.165) is 0 Å². The molecule has 5 heteroatoms. The summed E-state index contributed by atoms with van der Waals surface area (Å²) < 4.78 is 0. The summed E-state index contributed by atoms with van der Waals surface area (Å²) in [5, 5.41) is 18.2. The van der Waals surface area contributed by atoms with E-state index in [2.05, 4.69) is 4.98 Å². The molecule has 2 N–H and O–H groups in total. The van der Waals surface area contributed by atoms with Gasteiger partial charge in [0.05, 0.1) is 6.61 Å². The van der Waals surface area contributed by atoms with Gasteiger partial charge in [0.25, 0.3) is 0 Å². The summed E-state index contributed by atoms with van der Waals surface area (Å²) in [7, 11) is 0. The summed E-state index contributed by atoms with van der Waals surface area (Å²) in [6.45, 7) is 0.333. The third kappa shape index (κ3) is 1.91. The first-order valence-corrected chi connectivity index (χ1v) is 5.22. The van der Waals surface area contributed by atoms with Crippen molar-refractivity contribution >= 4 is 11.7 Å². The van der Waals surface area contributed by atoms with Crippen molar-refractivity contribution < 1.29 is 15.0 Å². The van der Waals surface area contributed by atoms with Crippen LogP contribution in [0.25, 0.3) is 0 Å². The van der Waals surface area contributed by atoms with Gasteiger partial charge in [-0.05, 0) is 6.07 Å². The van der Waals surface area contributed by atoms with Crippen molar-refractivity contribution in [1.82, 2.24) is 4.98 Å². The molecule has 1 atom stereocenters. The Hall–Kier alpha value is -1.46. The normalized spacial score (nSPS) is 20.5. The fraction of sp³-hybridized carbons (Fsp3) is 0.455. The molecule has 2 rings (SSSR count).